The first-order valence-corrected chi connectivity index (χ1v) is 7.34. The van der Waals surface area contributed by atoms with Crippen molar-refractivity contribution in [2.24, 2.45) is 5.92 Å². The number of esters is 1. The van der Waals surface area contributed by atoms with Crippen molar-refractivity contribution in [1.82, 2.24) is 9.78 Å². The van der Waals surface area contributed by atoms with Crippen molar-refractivity contribution >= 4 is 5.97 Å². The monoisotopic (exact) mass is 264 g/mol. The number of hydrogen-bond donors (Lipinski definition) is 0. The van der Waals surface area contributed by atoms with Crippen molar-refractivity contribution in [2.75, 3.05) is 6.61 Å². The molecule has 4 nitrogen and oxygen atoms in total. The molecule has 0 aromatic carbocycles. The SMILES string of the molecule is CCOC(=O)c1c(C)c(C)nn1CC1CCCCC1. The van der Waals surface area contributed by atoms with Crippen LogP contribution in [0.4, 0.5) is 0 Å². The third kappa shape index (κ3) is 3.17. The van der Waals surface area contributed by atoms with Gasteiger partial charge in [-0.2, -0.15) is 5.10 Å². The zero-order valence-electron chi connectivity index (χ0n) is 12.2. The molecule has 0 aliphatic heterocycles. The van der Waals surface area contributed by atoms with Gasteiger partial charge in [-0.1, -0.05) is 19.3 Å². The van der Waals surface area contributed by atoms with E-state index < -0.39 is 0 Å². The van der Waals surface area contributed by atoms with Crippen LogP contribution in [-0.4, -0.2) is 22.4 Å². The van der Waals surface area contributed by atoms with Gasteiger partial charge in [0, 0.05) is 12.1 Å². The number of ether oxygens (including phenoxy) is 1. The average molecular weight is 264 g/mol. The number of rotatable bonds is 4. The van der Waals surface area contributed by atoms with E-state index in [2.05, 4.69) is 5.10 Å². The maximum Gasteiger partial charge on any atom is 0.356 e. The number of aromatic nitrogens is 2. The maximum absolute atomic E-state index is 12.1. The van der Waals surface area contributed by atoms with Gasteiger partial charge in [0.1, 0.15) is 5.69 Å². The van der Waals surface area contributed by atoms with E-state index in [4.69, 9.17) is 4.74 Å². The first-order chi connectivity index (χ1) is 9.13. The molecular weight excluding hydrogens is 240 g/mol. The first kappa shape index (κ1) is 14.1. The summed E-state index contributed by atoms with van der Waals surface area (Å²) < 4.78 is 7.03. The molecule has 4 heteroatoms. The van der Waals surface area contributed by atoms with E-state index in [1.165, 1.54) is 32.1 Å². The highest BCUT2D eigenvalue weighted by Crippen LogP contribution is 2.26. The van der Waals surface area contributed by atoms with Crippen LogP contribution in [0.5, 0.6) is 0 Å². The third-order valence-corrected chi connectivity index (χ3v) is 4.05. The lowest BCUT2D eigenvalue weighted by atomic mass is 9.89. The highest BCUT2D eigenvalue weighted by molar-refractivity contribution is 5.89. The van der Waals surface area contributed by atoms with Crippen molar-refractivity contribution in [2.45, 2.75) is 59.4 Å². The van der Waals surface area contributed by atoms with Gasteiger partial charge in [0.25, 0.3) is 0 Å². The van der Waals surface area contributed by atoms with Crippen LogP contribution in [-0.2, 0) is 11.3 Å². The topological polar surface area (TPSA) is 44.1 Å². The predicted octanol–water partition coefficient (Wildman–Crippen LogP) is 3.26. The fraction of sp³-hybridized carbons (Fsp3) is 0.733. The van der Waals surface area contributed by atoms with Crippen molar-refractivity contribution in [3.8, 4) is 0 Å². The molecule has 1 aliphatic rings. The van der Waals surface area contributed by atoms with Crippen molar-refractivity contribution < 1.29 is 9.53 Å². The highest BCUT2D eigenvalue weighted by Gasteiger charge is 2.23. The van der Waals surface area contributed by atoms with Crippen LogP contribution in [0.1, 0.15) is 60.8 Å². The first-order valence-electron chi connectivity index (χ1n) is 7.34. The molecular formula is C15H24N2O2. The van der Waals surface area contributed by atoms with E-state index in [1.54, 1.807) is 0 Å². The number of carbonyl (C=O) groups excluding carboxylic acids is 1. The van der Waals surface area contributed by atoms with Gasteiger partial charge < -0.3 is 4.74 Å². The zero-order chi connectivity index (χ0) is 13.8. The lowest BCUT2D eigenvalue weighted by molar-refractivity contribution is 0.0509. The fourth-order valence-electron chi connectivity index (χ4n) is 2.88. The Labute approximate surface area is 115 Å². The minimum atomic E-state index is -0.239. The Bertz CT molecular complexity index is 445. The second kappa shape index (κ2) is 6.22. The fourth-order valence-corrected chi connectivity index (χ4v) is 2.88. The van der Waals surface area contributed by atoms with Crippen molar-refractivity contribution in [1.29, 1.82) is 0 Å². The summed E-state index contributed by atoms with van der Waals surface area (Å²) in [6.45, 7) is 7.00. The van der Waals surface area contributed by atoms with Gasteiger partial charge in [0.05, 0.1) is 12.3 Å². The molecule has 2 rings (SSSR count). The van der Waals surface area contributed by atoms with Gasteiger partial charge in [0.2, 0.25) is 0 Å². The number of aryl methyl sites for hydroxylation is 1. The molecule has 0 radical (unpaired) electrons. The molecule has 0 spiro atoms. The van der Waals surface area contributed by atoms with Gasteiger partial charge in [-0.15, -0.1) is 0 Å². The minimum Gasteiger partial charge on any atom is -0.461 e. The zero-order valence-corrected chi connectivity index (χ0v) is 12.2. The smallest absolute Gasteiger partial charge is 0.356 e. The normalized spacial score (nSPS) is 16.6. The molecule has 0 atom stereocenters. The third-order valence-electron chi connectivity index (χ3n) is 4.05. The average Bonchev–Trinajstić information content (AvgIpc) is 2.66. The Balaban J connectivity index is 2.18. The molecule has 1 aromatic heterocycles. The van der Waals surface area contributed by atoms with Gasteiger partial charge in [-0.25, -0.2) is 4.79 Å². The van der Waals surface area contributed by atoms with Crippen LogP contribution in [0.3, 0.4) is 0 Å². The summed E-state index contributed by atoms with van der Waals surface area (Å²) in [7, 11) is 0. The van der Waals surface area contributed by atoms with Crippen molar-refractivity contribution in [3.05, 3.63) is 17.0 Å². The molecule has 106 valence electrons. The summed E-state index contributed by atoms with van der Waals surface area (Å²) in [5, 5.41) is 4.52. The highest BCUT2D eigenvalue weighted by atomic mass is 16.5. The standard InChI is InChI=1S/C15H24N2O2/c1-4-19-15(18)14-11(2)12(3)16-17(14)10-13-8-6-5-7-9-13/h13H,4-10H2,1-3H3. The summed E-state index contributed by atoms with van der Waals surface area (Å²) in [5.74, 6) is 0.414. The van der Waals surface area contributed by atoms with Gasteiger partial charge >= 0.3 is 5.97 Å². The molecule has 1 fully saturated rings. The Morgan fingerprint density at radius 2 is 2.00 bits per heavy atom. The van der Waals surface area contributed by atoms with E-state index in [0.717, 1.165) is 17.8 Å². The summed E-state index contributed by atoms with van der Waals surface area (Å²) >= 11 is 0. The lowest BCUT2D eigenvalue weighted by Crippen LogP contribution is -2.20. The van der Waals surface area contributed by atoms with Crippen LogP contribution in [0.2, 0.25) is 0 Å². The number of hydrogen-bond acceptors (Lipinski definition) is 3. The minimum absolute atomic E-state index is 0.239. The summed E-state index contributed by atoms with van der Waals surface area (Å²) in [4.78, 5) is 12.1. The molecule has 0 amide bonds. The molecule has 0 unspecified atom stereocenters. The Kier molecular flexibility index (Phi) is 4.61. The van der Waals surface area contributed by atoms with Crippen LogP contribution >= 0.6 is 0 Å². The molecule has 0 bridgehead atoms. The molecule has 1 aromatic rings. The van der Waals surface area contributed by atoms with Crippen LogP contribution in [0.15, 0.2) is 0 Å². The van der Waals surface area contributed by atoms with E-state index in [9.17, 15) is 4.79 Å². The van der Waals surface area contributed by atoms with Crippen LogP contribution in [0.25, 0.3) is 0 Å². The number of nitrogens with zero attached hydrogens (tertiary/aromatic N) is 2. The number of carbonyl (C=O) groups is 1. The van der Waals surface area contributed by atoms with E-state index >= 15 is 0 Å². The Morgan fingerprint density at radius 3 is 2.63 bits per heavy atom. The molecule has 0 N–H and O–H groups in total. The van der Waals surface area contributed by atoms with Gasteiger partial charge in [-0.05, 0) is 39.5 Å². The Morgan fingerprint density at radius 1 is 1.32 bits per heavy atom. The van der Waals surface area contributed by atoms with E-state index in [1.807, 2.05) is 25.5 Å². The summed E-state index contributed by atoms with van der Waals surface area (Å²) in [6.07, 6.45) is 6.45. The van der Waals surface area contributed by atoms with E-state index in [0.29, 0.717) is 18.2 Å². The second-order valence-corrected chi connectivity index (χ2v) is 5.47. The molecule has 1 saturated carbocycles. The Hall–Kier alpha value is -1.32. The second-order valence-electron chi connectivity index (χ2n) is 5.47. The summed E-state index contributed by atoms with van der Waals surface area (Å²) in [6, 6.07) is 0. The molecule has 0 saturated heterocycles. The summed E-state index contributed by atoms with van der Waals surface area (Å²) in [5.41, 5.74) is 2.53. The largest absolute Gasteiger partial charge is 0.461 e. The predicted molar refractivity (Wildman–Crippen MR) is 74.2 cm³/mol. The molecule has 1 aliphatic carbocycles. The molecule has 19 heavy (non-hydrogen) atoms. The lowest BCUT2D eigenvalue weighted by Gasteiger charge is -2.22. The quantitative estimate of drug-likeness (QED) is 0.784. The van der Waals surface area contributed by atoms with Crippen molar-refractivity contribution in [3.63, 3.8) is 0 Å². The van der Waals surface area contributed by atoms with Gasteiger partial charge in [0.15, 0.2) is 0 Å². The van der Waals surface area contributed by atoms with E-state index in [-0.39, 0.29) is 5.97 Å². The van der Waals surface area contributed by atoms with Crippen LogP contribution in [0, 0.1) is 19.8 Å². The van der Waals surface area contributed by atoms with Gasteiger partial charge in [-0.3, -0.25) is 4.68 Å². The van der Waals surface area contributed by atoms with Crippen LogP contribution < -0.4 is 0 Å². The maximum atomic E-state index is 12.1. The molecule has 1 heterocycles.